The van der Waals surface area contributed by atoms with Crippen molar-refractivity contribution >= 4 is 28.8 Å². The van der Waals surface area contributed by atoms with Crippen molar-refractivity contribution < 1.29 is 9.90 Å². The van der Waals surface area contributed by atoms with Gasteiger partial charge < -0.3 is 9.67 Å². The molecule has 0 unspecified atom stereocenters. The number of imidazole rings is 1. The average molecular weight is 276 g/mol. The summed E-state index contributed by atoms with van der Waals surface area (Å²) >= 11 is 1.26. The summed E-state index contributed by atoms with van der Waals surface area (Å²) in [5.41, 5.74) is 3.16. The number of carboxylic acid groups (broad SMARTS) is 1. The number of aromatic nitrogens is 2. The maximum atomic E-state index is 10.7. The highest BCUT2D eigenvalue weighted by molar-refractivity contribution is 7.99. The quantitative estimate of drug-likeness (QED) is 0.673. The third-order valence-corrected chi connectivity index (χ3v) is 3.59. The Kier molecular flexibility index (Phi) is 4.27. The molecule has 1 aromatic carbocycles. The van der Waals surface area contributed by atoms with Crippen LogP contribution in [-0.4, -0.2) is 26.4 Å². The van der Waals surface area contributed by atoms with E-state index in [1.807, 2.05) is 38.1 Å². The number of aliphatic carboxylic acids is 1. The van der Waals surface area contributed by atoms with Gasteiger partial charge >= 0.3 is 5.97 Å². The number of benzene rings is 1. The highest BCUT2D eigenvalue weighted by Crippen LogP contribution is 2.24. The lowest BCUT2D eigenvalue weighted by Crippen LogP contribution is -2.02. The predicted molar refractivity (Wildman–Crippen MR) is 77.5 cm³/mol. The first kappa shape index (κ1) is 13.7. The maximum absolute atomic E-state index is 10.7. The number of carboxylic acids is 1. The van der Waals surface area contributed by atoms with Crippen LogP contribution in [0.3, 0.4) is 0 Å². The molecule has 2 aromatic rings. The molecule has 5 heteroatoms. The summed E-state index contributed by atoms with van der Waals surface area (Å²) in [5.74, 6) is -0.802. The Morgan fingerprint density at radius 1 is 1.42 bits per heavy atom. The monoisotopic (exact) mass is 276 g/mol. The molecule has 0 saturated carbocycles. The van der Waals surface area contributed by atoms with E-state index in [9.17, 15) is 4.79 Å². The highest BCUT2D eigenvalue weighted by Gasteiger charge is 2.11. The Morgan fingerprint density at radius 3 is 2.84 bits per heavy atom. The van der Waals surface area contributed by atoms with Crippen LogP contribution in [-0.2, 0) is 11.3 Å². The summed E-state index contributed by atoms with van der Waals surface area (Å²) in [4.78, 5) is 15.2. The van der Waals surface area contributed by atoms with E-state index in [1.54, 1.807) is 0 Å². The Morgan fingerprint density at radius 2 is 2.16 bits per heavy atom. The standard InChI is InChI=1S/C14H16N2O2S/c1-10(2)7-8-16-12-6-4-3-5-11(12)15-14(16)19-9-13(17)18/h3-7H,8-9H2,1-2H3,(H,17,18). The molecule has 1 heterocycles. The smallest absolute Gasteiger partial charge is 0.313 e. The van der Waals surface area contributed by atoms with Crippen LogP contribution < -0.4 is 0 Å². The molecular formula is C14H16N2O2S. The van der Waals surface area contributed by atoms with Gasteiger partial charge in [0.2, 0.25) is 0 Å². The minimum atomic E-state index is -0.828. The minimum absolute atomic E-state index is 0.0259. The molecule has 1 aromatic heterocycles. The molecular weight excluding hydrogens is 260 g/mol. The molecule has 0 aliphatic carbocycles. The van der Waals surface area contributed by atoms with Crippen LogP contribution in [0, 0.1) is 0 Å². The van der Waals surface area contributed by atoms with E-state index >= 15 is 0 Å². The molecule has 0 atom stereocenters. The first-order chi connectivity index (χ1) is 9.08. The molecule has 19 heavy (non-hydrogen) atoms. The van der Waals surface area contributed by atoms with Crippen molar-refractivity contribution in [2.24, 2.45) is 0 Å². The largest absolute Gasteiger partial charge is 0.481 e. The van der Waals surface area contributed by atoms with Gasteiger partial charge in [-0.3, -0.25) is 4.79 Å². The number of allylic oxidation sites excluding steroid dienone is 2. The average Bonchev–Trinajstić information content (AvgIpc) is 2.71. The molecule has 0 spiro atoms. The van der Waals surface area contributed by atoms with Gasteiger partial charge in [-0.05, 0) is 26.0 Å². The minimum Gasteiger partial charge on any atom is -0.481 e. The normalized spacial score (nSPS) is 10.6. The molecule has 0 amide bonds. The van der Waals surface area contributed by atoms with Gasteiger partial charge in [0, 0.05) is 6.54 Å². The third kappa shape index (κ3) is 3.38. The van der Waals surface area contributed by atoms with Crippen molar-refractivity contribution in [3.8, 4) is 0 Å². The van der Waals surface area contributed by atoms with Gasteiger partial charge in [-0.1, -0.05) is 35.5 Å². The molecule has 0 radical (unpaired) electrons. The predicted octanol–water partition coefficient (Wildman–Crippen LogP) is 3.18. The summed E-state index contributed by atoms with van der Waals surface area (Å²) in [5, 5.41) is 9.54. The van der Waals surface area contributed by atoms with E-state index in [-0.39, 0.29) is 5.75 Å². The van der Waals surface area contributed by atoms with Crippen molar-refractivity contribution in [3.05, 3.63) is 35.9 Å². The van der Waals surface area contributed by atoms with E-state index in [0.717, 1.165) is 16.2 Å². The number of carbonyl (C=O) groups is 1. The van der Waals surface area contributed by atoms with Crippen molar-refractivity contribution in [1.82, 2.24) is 9.55 Å². The third-order valence-electron chi connectivity index (χ3n) is 2.63. The number of rotatable bonds is 5. The summed E-state index contributed by atoms with van der Waals surface area (Å²) in [6, 6.07) is 7.85. The maximum Gasteiger partial charge on any atom is 0.313 e. The van der Waals surface area contributed by atoms with Gasteiger partial charge in [0.1, 0.15) is 0 Å². The van der Waals surface area contributed by atoms with Crippen LogP contribution in [0.25, 0.3) is 11.0 Å². The lowest BCUT2D eigenvalue weighted by atomic mass is 10.3. The molecule has 0 aliphatic rings. The van der Waals surface area contributed by atoms with Crippen LogP contribution in [0.2, 0.25) is 0 Å². The summed E-state index contributed by atoms with van der Waals surface area (Å²) in [6.45, 7) is 4.80. The first-order valence-electron chi connectivity index (χ1n) is 6.01. The fourth-order valence-electron chi connectivity index (χ4n) is 1.74. The molecule has 0 saturated heterocycles. The number of para-hydroxylation sites is 2. The Bertz CT molecular complexity index is 627. The topological polar surface area (TPSA) is 55.1 Å². The van der Waals surface area contributed by atoms with Crippen molar-refractivity contribution in [3.63, 3.8) is 0 Å². The zero-order valence-corrected chi connectivity index (χ0v) is 11.8. The Balaban J connectivity index is 2.39. The van der Waals surface area contributed by atoms with Crippen molar-refractivity contribution in [2.45, 2.75) is 25.5 Å². The number of thioether (sulfide) groups is 1. The van der Waals surface area contributed by atoms with E-state index in [4.69, 9.17) is 5.11 Å². The van der Waals surface area contributed by atoms with E-state index < -0.39 is 5.97 Å². The van der Waals surface area contributed by atoms with Gasteiger partial charge in [-0.25, -0.2) is 4.98 Å². The summed E-state index contributed by atoms with van der Waals surface area (Å²) < 4.78 is 2.05. The second-order valence-electron chi connectivity index (χ2n) is 4.46. The van der Waals surface area contributed by atoms with Crippen LogP contribution >= 0.6 is 11.8 Å². The SMILES string of the molecule is CC(C)=CCn1c(SCC(=O)O)nc2ccccc21. The molecule has 0 bridgehead atoms. The number of nitrogens with zero attached hydrogens (tertiary/aromatic N) is 2. The van der Waals surface area contributed by atoms with Gasteiger partial charge in [0.05, 0.1) is 16.8 Å². The zero-order chi connectivity index (χ0) is 13.8. The fourth-order valence-corrected chi connectivity index (χ4v) is 2.48. The Hall–Kier alpha value is -1.75. The summed E-state index contributed by atoms with van der Waals surface area (Å²) in [6.07, 6.45) is 2.11. The molecule has 100 valence electrons. The molecule has 4 nitrogen and oxygen atoms in total. The molecule has 0 fully saturated rings. The van der Waals surface area contributed by atoms with Crippen LogP contribution in [0.4, 0.5) is 0 Å². The number of hydrogen-bond donors (Lipinski definition) is 1. The van der Waals surface area contributed by atoms with Gasteiger partial charge in [-0.15, -0.1) is 0 Å². The summed E-state index contributed by atoms with van der Waals surface area (Å²) in [7, 11) is 0. The number of fused-ring (bicyclic) bond motifs is 1. The molecule has 2 rings (SSSR count). The van der Waals surface area contributed by atoms with Crippen molar-refractivity contribution in [2.75, 3.05) is 5.75 Å². The van der Waals surface area contributed by atoms with E-state index in [2.05, 4.69) is 15.6 Å². The lowest BCUT2D eigenvalue weighted by Gasteiger charge is -2.05. The number of hydrogen-bond acceptors (Lipinski definition) is 3. The highest BCUT2D eigenvalue weighted by atomic mass is 32.2. The van der Waals surface area contributed by atoms with Crippen LogP contribution in [0.5, 0.6) is 0 Å². The van der Waals surface area contributed by atoms with Crippen LogP contribution in [0.1, 0.15) is 13.8 Å². The zero-order valence-electron chi connectivity index (χ0n) is 11.0. The van der Waals surface area contributed by atoms with Gasteiger partial charge in [0.15, 0.2) is 5.16 Å². The first-order valence-corrected chi connectivity index (χ1v) is 6.99. The van der Waals surface area contributed by atoms with E-state index in [0.29, 0.717) is 6.54 Å². The second-order valence-corrected chi connectivity index (χ2v) is 5.40. The van der Waals surface area contributed by atoms with E-state index in [1.165, 1.54) is 17.3 Å². The molecule has 1 N–H and O–H groups in total. The van der Waals surface area contributed by atoms with Gasteiger partial charge in [0.25, 0.3) is 0 Å². The van der Waals surface area contributed by atoms with Crippen LogP contribution in [0.15, 0.2) is 41.1 Å². The second kappa shape index (κ2) is 5.93. The molecule has 0 aliphatic heterocycles. The fraction of sp³-hybridized carbons (Fsp3) is 0.286. The Labute approximate surface area is 116 Å². The lowest BCUT2D eigenvalue weighted by molar-refractivity contribution is -0.133. The van der Waals surface area contributed by atoms with Gasteiger partial charge in [-0.2, -0.15) is 0 Å². The van der Waals surface area contributed by atoms with Crippen molar-refractivity contribution in [1.29, 1.82) is 0 Å².